The normalized spacial score (nSPS) is 16.0. The fourth-order valence-corrected chi connectivity index (χ4v) is 4.80. The number of pyridine rings is 1. The minimum Gasteiger partial charge on any atom is -0.508 e. The van der Waals surface area contributed by atoms with Gasteiger partial charge < -0.3 is 14.9 Å². The molecule has 0 aliphatic carbocycles. The Morgan fingerprint density at radius 3 is 2.61 bits per heavy atom. The number of ketones is 1. The van der Waals surface area contributed by atoms with Crippen molar-refractivity contribution in [3.63, 3.8) is 0 Å². The summed E-state index contributed by atoms with van der Waals surface area (Å²) in [5.41, 5.74) is 1.36. The molecule has 8 nitrogen and oxygen atoms in total. The quantitative estimate of drug-likeness (QED) is 0.430. The number of thiazole rings is 1. The molecule has 2 aromatic carbocycles. The number of aromatic nitrogens is 2. The van der Waals surface area contributed by atoms with Crippen LogP contribution in [0.15, 0.2) is 78.3 Å². The minimum absolute atomic E-state index is 0.0371. The molecule has 1 aliphatic heterocycles. The molecule has 1 atom stereocenters. The predicted molar refractivity (Wildman–Crippen MR) is 123 cm³/mol. The van der Waals surface area contributed by atoms with Gasteiger partial charge in [0.2, 0.25) is 0 Å². The molecule has 2 N–H and O–H groups in total. The summed E-state index contributed by atoms with van der Waals surface area (Å²) < 4.78 is 6.06. The highest BCUT2D eigenvalue weighted by molar-refractivity contribution is 7.22. The first kappa shape index (κ1) is 20.7. The molecule has 1 unspecified atom stereocenters. The Labute approximate surface area is 192 Å². The van der Waals surface area contributed by atoms with Crippen molar-refractivity contribution < 1.29 is 24.5 Å². The van der Waals surface area contributed by atoms with Crippen LogP contribution in [-0.4, -0.2) is 39.0 Å². The fourth-order valence-electron chi connectivity index (χ4n) is 3.78. The molecule has 0 saturated heterocycles. The first-order valence-electron chi connectivity index (χ1n) is 9.93. The third-order valence-corrected chi connectivity index (χ3v) is 6.39. The zero-order valence-electron chi connectivity index (χ0n) is 17.3. The van der Waals surface area contributed by atoms with E-state index in [0.29, 0.717) is 22.0 Å². The van der Waals surface area contributed by atoms with E-state index in [1.165, 1.54) is 40.8 Å². The maximum absolute atomic E-state index is 13.4. The van der Waals surface area contributed by atoms with Crippen molar-refractivity contribution >= 4 is 38.4 Å². The summed E-state index contributed by atoms with van der Waals surface area (Å²) in [6.45, 7) is 0. The van der Waals surface area contributed by atoms with Gasteiger partial charge in [0.25, 0.3) is 5.91 Å². The summed E-state index contributed by atoms with van der Waals surface area (Å²) in [6.07, 6.45) is 2.91. The maximum atomic E-state index is 13.4. The van der Waals surface area contributed by atoms with Gasteiger partial charge in [0, 0.05) is 18.0 Å². The van der Waals surface area contributed by atoms with Crippen molar-refractivity contribution in [1.82, 2.24) is 9.97 Å². The predicted octanol–water partition coefficient (Wildman–Crippen LogP) is 4.19. The molecule has 0 radical (unpaired) electrons. The number of phenols is 1. The number of benzene rings is 2. The lowest BCUT2D eigenvalue weighted by molar-refractivity contribution is -0.117. The lowest BCUT2D eigenvalue weighted by Gasteiger charge is -2.24. The second kappa shape index (κ2) is 8.03. The van der Waals surface area contributed by atoms with Crippen molar-refractivity contribution in [2.75, 3.05) is 12.0 Å². The molecule has 2 aromatic heterocycles. The van der Waals surface area contributed by atoms with Crippen LogP contribution in [0.25, 0.3) is 10.2 Å². The second-order valence-electron chi connectivity index (χ2n) is 7.33. The Balaban J connectivity index is 1.67. The van der Waals surface area contributed by atoms with Crippen LogP contribution in [0.3, 0.4) is 0 Å². The molecular formula is C24H17N3O5S. The topological polar surface area (TPSA) is 113 Å². The van der Waals surface area contributed by atoms with Crippen molar-refractivity contribution in [3.8, 4) is 11.5 Å². The number of rotatable bonds is 5. The number of phenolic OH excluding ortho intramolecular Hbond substituents is 1. The van der Waals surface area contributed by atoms with Crippen LogP contribution in [-0.2, 0) is 4.79 Å². The van der Waals surface area contributed by atoms with Crippen LogP contribution in [0, 0.1) is 0 Å². The van der Waals surface area contributed by atoms with Gasteiger partial charge >= 0.3 is 0 Å². The molecule has 164 valence electrons. The molecule has 9 heteroatoms. The molecule has 0 saturated carbocycles. The van der Waals surface area contributed by atoms with Crippen LogP contribution >= 0.6 is 11.3 Å². The summed E-state index contributed by atoms with van der Waals surface area (Å²) in [7, 11) is 1.56. The number of ether oxygens (including phenoxy) is 1. The highest BCUT2D eigenvalue weighted by Crippen LogP contribution is 2.44. The number of hydrogen-bond donors (Lipinski definition) is 2. The lowest BCUT2D eigenvalue weighted by Crippen LogP contribution is -2.30. The molecule has 3 heterocycles. The number of carbonyl (C=O) groups is 2. The number of hydrogen-bond acceptors (Lipinski definition) is 8. The Morgan fingerprint density at radius 2 is 1.91 bits per heavy atom. The fraction of sp³-hybridized carbons (Fsp3) is 0.0833. The maximum Gasteiger partial charge on any atom is 0.296 e. The Bertz CT molecular complexity index is 1410. The number of amides is 1. The van der Waals surface area contributed by atoms with Crippen LogP contribution in [0.5, 0.6) is 11.5 Å². The third-order valence-electron chi connectivity index (χ3n) is 5.38. The van der Waals surface area contributed by atoms with Crippen molar-refractivity contribution in [1.29, 1.82) is 0 Å². The Morgan fingerprint density at radius 1 is 1.12 bits per heavy atom. The number of anilines is 1. The molecule has 5 rings (SSSR count). The molecule has 0 bridgehead atoms. The van der Waals surface area contributed by atoms with Gasteiger partial charge in [-0.05, 0) is 48.0 Å². The summed E-state index contributed by atoms with van der Waals surface area (Å²) in [4.78, 5) is 36.5. The van der Waals surface area contributed by atoms with Gasteiger partial charge in [-0.1, -0.05) is 23.5 Å². The van der Waals surface area contributed by atoms with Gasteiger partial charge in [-0.25, -0.2) is 4.98 Å². The van der Waals surface area contributed by atoms with Gasteiger partial charge in [0.1, 0.15) is 11.5 Å². The molecule has 4 aromatic rings. The minimum atomic E-state index is -0.937. The molecule has 0 fully saturated rings. The summed E-state index contributed by atoms with van der Waals surface area (Å²) in [5.74, 6) is -1.20. The smallest absolute Gasteiger partial charge is 0.296 e. The van der Waals surface area contributed by atoms with Gasteiger partial charge in [0.15, 0.2) is 16.7 Å². The van der Waals surface area contributed by atoms with E-state index in [4.69, 9.17) is 4.74 Å². The number of aliphatic hydroxyl groups is 1. The third kappa shape index (κ3) is 3.48. The van der Waals surface area contributed by atoms with E-state index in [1.807, 2.05) is 6.07 Å². The molecule has 33 heavy (non-hydrogen) atoms. The van der Waals surface area contributed by atoms with Crippen LogP contribution in [0.1, 0.15) is 22.0 Å². The SMILES string of the molecule is COc1ccc2nc(N3C(=O)C(O)=C(C(=O)c4cccnc4)C3c3ccc(O)cc3)sc2c1. The lowest BCUT2D eigenvalue weighted by atomic mass is 9.93. The Kier molecular flexibility index (Phi) is 5.02. The second-order valence-corrected chi connectivity index (χ2v) is 8.34. The number of aromatic hydroxyl groups is 1. The van der Waals surface area contributed by atoms with Gasteiger partial charge in [-0.15, -0.1) is 0 Å². The van der Waals surface area contributed by atoms with Gasteiger partial charge in [-0.2, -0.15) is 0 Å². The van der Waals surface area contributed by atoms with Crippen LogP contribution in [0.4, 0.5) is 5.13 Å². The monoisotopic (exact) mass is 459 g/mol. The molecule has 1 aliphatic rings. The number of carbonyl (C=O) groups excluding carboxylic acids is 2. The van der Waals surface area contributed by atoms with Crippen molar-refractivity contribution in [2.45, 2.75) is 6.04 Å². The summed E-state index contributed by atoms with van der Waals surface area (Å²) in [6, 6.07) is 13.7. The summed E-state index contributed by atoms with van der Waals surface area (Å²) in [5, 5.41) is 20.9. The van der Waals surface area contributed by atoms with E-state index in [-0.39, 0.29) is 16.9 Å². The van der Waals surface area contributed by atoms with E-state index >= 15 is 0 Å². The number of fused-ring (bicyclic) bond motifs is 1. The molecular weight excluding hydrogens is 442 g/mol. The number of methoxy groups -OCH3 is 1. The van der Waals surface area contributed by atoms with E-state index in [2.05, 4.69) is 9.97 Å². The molecule has 1 amide bonds. The van der Waals surface area contributed by atoms with Crippen molar-refractivity contribution in [3.05, 3.63) is 89.5 Å². The van der Waals surface area contributed by atoms with Gasteiger partial charge in [-0.3, -0.25) is 19.5 Å². The molecule has 0 spiro atoms. The van der Waals surface area contributed by atoms with Gasteiger partial charge in [0.05, 0.1) is 28.9 Å². The van der Waals surface area contributed by atoms with E-state index < -0.39 is 23.5 Å². The zero-order chi connectivity index (χ0) is 23.1. The van der Waals surface area contributed by atoms with Crippen LogP contribution < -0.4 is 9.64 Å². The zero-order valence-corrected chi connectivity index (χ0v) is 18.1. The van der Waals surface area contributed by atoms with Crippen LogP contribution in [0.2, 0.25) is 0 Å². The highest BCUT2D eigenvalue weighted by Gasteiger charge is 2.46. The summed E-state index contributed by atoms with van der Waals surface area (Å²) >= 11 is 1.24. The average molecular weight is 459 g/mol. The van der Waals surface area contributed by atoms with E-state index in [9.17, 15) is 19.8 Å². The Hall–Kier alpha value is -4.24. The first-order valence-corrected chi connectivity index (χ1v) is 10.7. The standard InChI is InChI=1S/C24H17N3O5S/c1-32-16-8-9-17-18(11-16)33-24(26-17)27-20(13-4-6-15(28)7-5-13)19(22(30)23(27)31)21(29)14-3-2-10-25-12-14/h2-12,20,28,30H,1H3. The van der Waals surface area contributed by atoms with E-state index in [0.717, 1.165) is 4.70 Å². The van der Waals surface area contributed by atoms with E-state index in [1.54, 1.807) is 43.5 Å². The number of aliphatic hydroxyl groups excluding tert-OH is 1. The number of nitrogens with zero attached hydrogens (tertiary/aromatic N) is 3. The van der Waals surface area contributed by atoms with Crippen molar-refractivity contribution in [2.24, 2.45) is 0 Å². The largest absolute Gasteiger partial charge is 0.508 e. The average Bonchev–Trinajstić information content (AvgIpc) is 3.37. The number of Topliss-reactive ketones (excluding diaryl/α,β-unsaturated/α-hetero) is 1. The first-order chi connectivity index (χ1) is 16.0. The highest BCUT2D eigenvalue weighted by atomic mass is 32.1.